The first-order valence-corrected chi connectivity index (χ1v) is 3.91. The summed E-state index contributed by atoms with van der Waals surface area (Å²) in [5.74, 6) is 0. The maximum Gasteiger partial charge on any atom is 0.0634 e. The highest BCUT2D eigenvalue weighted by Gasteiger charge is 2.25. The van der Waals surface area contributed by atoms with Crippen molar-refractivity contribution in [2.75, 3.05) is 19.6 Å². The van der Waals surface area contributed by atoms with Crippen molar-refractivity contribution in [2.45, 2.75) is 18.4 Å². The Labute approximate surface area is 71.7 Å². The Bertz CT molecular complexity index is 155. The second-order valence-electron chi connectivity index (χ2n) is 2.70. The van der Waals surface area contributed by atoms with E-state index in [1.54, 1.807) is 0 Å². The lowest BCUT2D eigenvalue weighted by Gasteiger charge is -2.25. The molecular weight excluding hydrogens is 156 g/mol. The summed E-state index contributed by atoms with van der Waals surface area (Å²) in [5, 5.41) is 3.65. The van der Waals surface area contributed by atoms with Gasteiger partial charge in [-0.3, -0.25) is 0 Å². The highest BCUT2D eigenvalue weighted by Crippen LogP contribution is 2.18. The number of nitrogens with two attached hydrogens (primary N) is 3. The number of hydrogen-bond donors (Lipinski definition) is 3. The number of nitrogens with zero attached hydrogens (tertiary/aromatic N) is 3. The van der Waals surface area contributed by atoms with Gasteiger partial charge in [-0.25, -0.2) is 0 Å². The molecule has 0 saturated heterocycles. The van der Waals surface area contributed by atoms with Crippen molar-refractivity contribution in [3.8, 4) is 0 Å². The molecule has 0 radical (unpaired) electrons. The van der Waals surface area contributed by atoms with Gasteiger partial charge in [-0.1, -0.05) is 5.11 Å². The van der Waals surface area contributed by atoms with E-state index in [-0.39, 0.29) is 0 Å². The zero-order valence-corrected chi connectivity index (χ0v) is 7.11. The van der Waals surface area contributed by atoms with Crippen LogP contribution in [0.15, 0.2) is 5.11 Å². The van der Waals surface area contributed by atoms with E-state index < -0.39 is 5.54 Å². The van der Waals surface area contributed by atoms with E-state index >= 15 is 0 Å². The van der Waals surface area contributed by atoms with Gasteiger partial charge >= 0.3 is 0 Å². The van der Waals surface area contributed by atoms with Gasteiger partial charge in [0, 0.05) is 11.5 Å². The van der Waals surface area contributed by atoms with Crippen LogP contribution in [0.3, 0.4) is 0 Å². The lowest BCUT2D eigenvalue weighted by atomic mass is 9.92. The predicted octanol–water partition coefficient (Wildman–Crippen LogP) is -0.308. The lowest BCUT2D eigenvalue weighted by molar-refractivity contribution is 0.384. The molecule has 0 aliphatic heterocycles. The Morgan fingerprint density at radius 3 is 1.92 bits per heavy atom. The fourth-order valence-electron chi connectivity index (χ4n) is 1.10. The summed E-state index contributed by atoms with van der Waals surface area (Å²) in [6.07, 6.45) is 1.18. The molecule has 0 aliphatic rings. The first-order chi connectivity index (χ1) is 5.74. The maximum atomic E-state index is 8.31. The molecule has 0 aromatic rings. The van der Waals surface area contributed by atoms with Crippen LogP contribution in [-0.2, 0) is 0 Å². The molecule has 6 nitrogen and oxygen atoms in total. The van der Waals surface area contributed by atoms with Gasteiger partial charge in [0.15, 0.2) is 0 Å². The summed E-state index contributed by atoms with van der Waals surface area (Å²) in [6, 6.07) is 0. The highest BCUT2D eigenvalue weighted by atomic mass is 15.2. The van der Waals surface area contributed by atoms with E-state index in [9.17, 15) is 0 Å². The van der Waals surface area contributed by atoms with Gasteiger partial charge in [0.25, 0.3) is 0 Å². The minimum atomic E-state index is -0.571. The van der Waals surface area contributed by atoms with Crippen molar-refractivity contribution in [1.82, 2.24) is 0 Å². The van der Waals surface area contributed by atoms with Crippen LogP contribution >= 0.6 is 0 Å². The van der Waals surface area contributed by atoms with Crippen LogP contribution in [0.4, 0.5) is 0 Å². The molecule has 6 heteroatoms. The van der Waals surface area contributed by atoms with E-state index in [0.717, 1.165) is 0 Å². The Kier molecular flexibility index (Phi) is 5.40. The largest absolute Gasteiger partial charge is 0.330 e. The van der Waals surface area contributed by atoms with Crippen molar-refractivity contribution in [2.24, 2.45) is 22.3 Å². The molecule has 0 rings (SSSR count). The van der Waals surface area contributed by atoms with Gasteiger partial charge < -0.3 is 17.2 Å². The molecular formula is C6H16N6. The van der Waals surface area contributed by atoms with Crippen LogP contribution in [-0.4, -0.2) is 25.2 Å². The second kappa shape index (κ2) is 5.79. The monoisotopic (exact) mass is 172 g/mol. The van der Waals surface area contributed by atoms with E-state index in [2.05, 4.69) is 10.0 Å². The minimum Gasteiger partial charge on any atom is -0.330 e. The van der Waals surface area contributed by atoms with E-state index in [1.807, 2.05) is 0 Å². The van der Waals surface area contributed by atoms with Crippen molar-refractivity contribution >= 4 is 0 Å². The molecule has 6 N–H and O–H groups in total. The summed E-state index contributed by atoms with van der Waals surface area (Å²) >= 11 is 0. The Hall–Kier alpha value is -0.810. The third-order valence-corrected chi connectivity index (χ3v) is 1.86. The molecule has 0 saturated carbocycles. The van der Waals surface area contributed by atoms with Crippen molar-refractivity contribution in [3.63, 3.8) is 0 Å². The van der Waals surface area contributed by atoms with Crippen molar-refractivity contribution in [1.29, 1.82) is 0 Å². The van der Waals surface area contributed by atoms with Crippen LogP contribution in [0.25, 0.3) is 10.4 Å². The summed E-state index contributed by atoms with van der Waals surface area (Å²) in [7, 11) is 0. The molecule has 0 aromatic heterocycles. The molecule has 0 fully saturated rings. The van der Waals surface area contributed by atoms with Crippen LogP contribution in [0.2, 0.25) is 0 Å². The molecule has 0 heterocycles. The third kappa shape index (κ3) is 3.06. The van der Waals surface area contributed by atoms with Gasteiger partial charge in [-0.15, -0.1) is 0 Å². The first kappa shape index (κ1) is 11.2. The maximum absolute atomic E-state index is 8.31. The van der Waals surface area contributed by atoms with Crippen molar-refractivity contribution < 1.29 is 0 Å². The highest BCUT2D eigenvalue weighted by molar-refractivity contribution is 4.89. The van der Waals surface area contributed by atoms with E-state index in [1.165, 1.54) is 0 Å². The van der Waals surface area contributed by atoms with Gasteiger partial charge in [0.2, 0.25) is 0 Å². The van der Waals surface area contributed by atoms with Gasteiger partial charge in [0.05, 0.1) is 5.54 Å². The summed E-state index contributed by atoms with van der Waals surface area (Å²) in [6.45, 7) is 1.21. The fraction of sp³-hybridized carbons (Fsp3) is 1.00. The van der Waals surface area contributed by atoms with Gasteiger partial charge in [-0.2, -0.15) is 0 Å². The zero-order chi connectivity index (χ0) is 9.45. The predicted molar refractivity (Wildman–Crippen MR) is 48.3 cm³/mol. The van der Waals surface area contributed by atoms with E-state index in [4.69, 9.17) is 22.7 Å². The number of rotatable bonds is 6. The van der Waals surface area contributed by atoms with Crippen LogP contribution in [0, 0.1) is 0 Å². The molecule has 70 valence electrons. The quantitative estimate of drug-likeness (QED) is 0.289. The molecule has 0 unspecified atom stereocenters. The molecule has 0 bridgehead atoms. The third-order valence-electron chi connectivity index (χ3n) is 1.86. The Morgan fingerprint density at radius 2 is 1.67 bits per heavy atom. The standard InChI is InChI=1S/C6H16N6/c7-3-1-6(5-9,2-4-8)11-12-10/h1-5,7-9H2. The molecule has 0 spiro atoms. The summed E-state index contributed by atoms with van der Waals surface area (Å²) in [5.41, 5.74) is 24.0. The molecule has 0 aromatic carbocycles. The molecule has 0 atom stereocenters. The second-order valence-corrected chi connectivity index (χ2v) is 2.70. The average molecular weight is 172 g/mol. The zero-order valence-electron chi connectivity index (χ0n) is 7.11. The van der Waals surface area contributed by atoms with E-state index in [0.29, 0.717) is 32.5 Å². The van der Waals surface area contributed by atoms with Crippen LogP contribution in [0.5, 0.6) is 0 Å². The minimum absolute atomic E-state index is 0.297. The fourth-order valence-corrected chi connectivity index (χ4v) is 1.10. The smallest absolute Gasteiger partial charge is 0.0634 e. The summed E-state index contributed by atoms with van der Waals surface area (Å²) in [4.78, 5) is 2.75. The topological polar surface area (TPSA) is 127 Å². The van der Waals surface area contributed by atoms with Crippen LogP contribution in [0.1, 0.15) is 12.8 Å². The van der Waals surface area contributed by atoms with Gasteiger partial charge in [0.1, 0.15) is 0 Å². The normalized spacial score (nSPS) is 10.9. The molecule has 12 heavy (non-hydrogen) atoms. The Morgan fingerprint density at radius 1 is 1.17 bits per heavy atom. The lowest BCUT2D eigenvalue weighted by Crippen LogP contribution is -2.39. The Balaban J connectivity index is 4.37. The average Bonchev–Trinajstić information content (AvgIpc) is 2.06. The SMILES string of the molecule is [N-]=[N+]=NC(CN)(CCN)CCN. The van der Waals surface area contributed by atoms with Crippen molar-refractivity contribution in [3.05, 3.63) is 10.4 Å². The summed E-state index contributed by atoms with van der Waals surface area (Å²) < 4.78 is 0. The van der Waals surface area contributed by atoms with Crippen LogP contribution < -0.4 is 17.2 Å². The molecule has 0 aliphatic carbocycles. The molecule has 0 amide bonds. The number of azide groups is 1. The van der Waals surface area contributed by atoms with Gasteiger partial charge in [-0.05, 0) is 31.5 Å². The number of hydrogen-bond acceptors (Lipinski definition) is 4. The first-order valence-electron chi connectivity index (χ1n) is 3.91.